The second-order valence-electron chi connectivity index (χ2n) is 6.22. The molecular formula is C22H26O6. The van der Waals surface area contributed by atoms with E-state index in [9.17, 15) is 9.59 Å². The van der Waals surface area contributed by atoms with E-state index < -0.39 is 0 Å². The van der Waals surface area contributed by atoms with Crippen molar-refractivity contribution < 1.29 is 28.5 Å². The van der Waals surface area contributed by atoms with Gasteiger partial charge >= 0.3 is 11.9 Å². The summed E-state index contributed by atoms with van der Waals surface area (Å²) in [6.07, 6.45) is 1.72. The van der Waals surface area contributed by atoms with Crippen molar-refractivity contribution in [2.45, 2.75) is 38.9 Å². The van der Waals surface area contributed by atoms with Gasteiger partial charge in [-0.2, -0.15) is 0 Å². The van der Waals surface area contributed by atoms with E-state index in [1.54, 1.807) is 14.2 Å². The molecule has 28 heavy (non-hydrogen) atoms. The molecule has 0 N–H and O–H groups in total. The van der Waals surface area contributed by atoms with Gasteiger partial charge in [0.2, 0.25) is 0 Å². The molecule has 0 fully saturated rings. The van der Waals surface area contributed by atoms with Gasteiger partial charge in [-0.1, -0.05) is 24.3 Å². The van der Waals surface area contributed by atoms with Crippen LogP contribution in [0.4, 0.5) is 0 Å². The molecule has 0 heterocycles. The van der Waals surface area contributed by atoms with Gasteiger partial charge in [0.25, 0.3) is 0 Å². The van der Waals surface area contributed by atoms with E-state index in [1.165, 1.54) is 0 Å². The van der Waals surface area contributed by atoms with Crippen LogP contribution in [0.1, 0.15) is 36.8 Å². The molecule has 0 aromatic heterocycles. The first-order valence-corrected chi connectivity index (χ1v) is 9.18. The first-order valence-electron chi connectivity index (χ1n) is 9.18. The summed E-state index contributed by atoms with van der Waals surface area (Å²) in [5.41, 5.74) is 1.80. The number of unbranched alkanes of at least 4 members (excludes halogenated alkanes) is 1. The fraction of sp³-hybridized carbons (Fsp3) is 0.364. The molecule has 0 atom stereocenters. The van der Waals surface area contributed by atoms with E-state index in [0.717, 1.165) is 22.6 Å². The summed E-state index contributed by atoms with van der Waals surface area (Å²) >= 11 is 0. The number of hydrogen-bond donors (Lipinski definition) is 0. The molecule has 0 unspecified atom stereocenters. The van der Waals surface area contributed by atoms with Gasteiger partial charge in [-0.3, -0.25) is 9.59 Å². The molecule has 0 aliphatic rings. The minimum Gasteiger partial charge on any atom is -0.497 e. The highest BCUT2D eigenvalue weighted by atomic mass is 16.5. The molecule has 0 saturated carbocycles. The highest BCUT2D eigenvalue weighted by Gasteiger charge is 2.07. The van der Waals surface area contributed by atoms with Gasteiger partial charge in [-0.05, 0) is 48.2 Å². The van der Waals surface area contributed by atoms with Crippen LogP contribution < -0.4 is 9.47 Å². The number of methoxy groups -OCH3 is 2. The van der Waals surface area contributed by atoms with E-state index in [-0.39, 0.29) is 38.0 Å². The van der Waals surface area contributed by atoms with Crippen molar-refractivity contribution in [1.29, 1.82) is 0 Å². The van der Waals surface area contributed by atoms with Crippen LogP contribution in [-0.2, 0) is 32.3 Å². The molecule has 2 aromatic carbocycles. The lowest BCUT2D eigenvalue weighted by molar-refractivity contribution is -0.147. The van der Waals surface area contributed by atoms with Crippen LogP contribution in [-0.4, -0.2) is 26.2 Å². The highest BCUT2D eigenvalue weighted by molar-refractivity contribution is 5.70. The Morgan fingerprint density at radius 2 is 1.00 bits per heavy atom. The van der Waals surface area contributed by atoms with Gasteiger partial charge in [0.15, 0.2) is 0 Å². The molecule has 0 saturated heterocycles. The molecule has 6 nitrogen and oxygen atoms in total. The van der Waals surface area contributed by atoms with Gasteiger partial charge in [0.1, 0.15) is 24.7 Å². The molecule has 2 aromatic rings. The summed E-state index contributed by atoms with van der Waals surface area (Å²) in [7, 11) is 3.20. The third kappa shape index (κ3) is 7.70. The molecule has 0 aliphatic carbocycles. The third-order valence-electron chi connectivity index (χ3n) is 4.13. The number of carbonyl (C=O) groups is 2. The second-order valence-corrected chi connectivity index (χ2v) is 6.22. The molecule has 2 rings (SSSR count). The molecular weight excluding hydrogens is 360 g/mol. The smallest absolute Gasteiger partial charge is 0.306 e. The summed E-state index contributed by atoms with van der Waals surface area (Å²) in [6.45, 7) is 0.458. The van der Waals surface area contributed by atoms with Crippen molar-refractivity contribution in [3.8, 4) is 11.5 Å². The number of ether oxygens (including phenoxy) is 4. The molecule has 6 heteroatoms. The zero-order chi connectivity index (χ0) is 20.2. The largest absolute Gasteiger partial charge is 0.497 e. The molecule has 150 valence electrons. The van der Waals surface area contributed by atoms with E-state index >= 15 is 0 Å². The second kappa shape index (κ2) is 11.6. The monoisotopic (exact) mass is 386 g/mol. The quantitative estimate of drug-likeness (QED) is 0.429. The first-order chi connectivity index (χ1) is 13.6. The van der Waals surface area contributed by atoms with Crippen molar-refractivity contribution in [1.82, 2.24) is 0 Å². The average molecular weight is 386 g/mol. The minimum absolute atomic E-state index is 0.229. The van der Waals surface area contributed by atoms with Crippen LogP contribution in [0.25, 0.3) is 0 Å². The fourth-order valence-electron chi connectivity index (χ4n) is 2.45. The van der Waals surface area contributed by atoms with Crippen LogP contribution in [0, 0.1) is 0 Å². The van der Waals surface area contributed by atoms with Gasteiger partial charge in [-0.15, -0.1) is 0 Å². The van der Waals surface area contributed by atoms with Crippen LogP contribution >= 0.6 is 0 Å². The topological polar surface area (TPSA) is 71.1 Å². The Bertz CT molecular complexity index is 671. The molecule has 0 amide bonds. The van der Waals surface area contributed by atoms with E-state index in [4.69, 9.17) is 18.9 Å². The molecule has 0 bridgehead atoms. The summed E-state index contributed by atoms with van der Waals surface area (Å²) < 4.78 is 20.6. The Kier molecular flexibility index (Phi) is 8.85. The lowest BCUT2D eigenvalue weighted by Crippen LogP contribution is -2.07. The number of benzene rings is 2. The zero-order valence-corrected chi connectivity index (χ0v) is 16.3. The Morgan fingerprint density at radius 1 is 0.643 bits per heavy atom. The summed E-state index contributed by atoms with van der Waals surface area (Å²) in [5, 5.41) is 0. The van der Waals surface area contributed by atoms with E-state index in [1.807, 2.05) is 48.5 Å². The first kappa shape index (κ1) is 21.3. The zero-order valence-electron chi connectivity index (χ0n) is 16.3. The number of carbonyl (C=O) groups excluding carboxylic acids is 2. The number of esters is 2. The average Bonchev–Trinajstić information content (AvgIpc) is 2.74. The fourth-order valence-corrected chi connectivity index (χ4v) is 2.45. The predicted octanol–water partition coefficient (Wildman–Crippen LogP) is 4.05. The van der Waals surface area contributed by atoms with Gasteiger partial charge in [0, 0.05) is 12.8 Å². The molecule has 0 radical (unpaired) electrons. The van der Waals surface area contributed by atoms with E-state index in [0.29, 0.717) is 12.8 Å². The van der Waals surface area contributed by atoms with Crippen molar-refractivity contribution in [2.24, 2.45) is 0 Å². The molecule has 0 spiro atoms. The summed E-state index contributed by atoms with van der Waals surface area (Å²) in [5.74, 6) is 0.966. The van der Waals surface area contributed by atoms with Crippen molar-refractivity contribution in [3.63, 3.8) is 0 Å². The maximum absolute atomic E-state index is 11.8. The number of hydrogen-bond acceptors (Lipinski definition) is 6. The normalized spacial score (nSPS) is 10.2. The van der Waals surface area contributed by atoms with Crippen molar-refractivity contribution in [3.05, 3.63) is 59.7 Å². The highest BCUT2D eigenvalue weighted by Crippen LogP contribution is 2.14. The lowest BCUT2D eigenvalue weighted by atomic mass is 10.2. The maximum atomic E-state index is 11.8. The van der Waals surface area contributed by atoms with Gasteiger partial charge < -0.3 is 18.9 Å². The van der Waals surface area contributed by atoms with Crippen LogP contribution in [0.5, 0.6) is 11.5 Å². The lowest BCUT2D eigenvalue weighted by Gasteiger charge is -2.07. The van der Waals surface area contributed by atoms with Crippen molar-refractivity contribution >= 4 is 11.9 Å². The Balaban J connectivity index is 1.55. The maximum Gasteiger partial charge on any atom is 0.306 e. The minimum atomic E-state index is -0.276. The molecule has 0 aliphatic heterocycles. The summed E-state index contributed by atoms with van der Waals surface area (Å²) in [6, 6.07) is 14.7. The van der Waals surface area contributed by atoms with Crippen LogP contribution in [0.2, 0.25) is 0 Å². The number of rotatable bonds is 11. The van der Waals surface area contributed by atoms with Gasteiger partial charge in [-0.25, -0.2) is 0 Å². The Morgan fingerprint density at radius 3 is 1.32 bits per heavy atom. The van der Waals surface area contributed by atoms with Crippen molar-refractivity contribution in [2.75, 3.05) is 14.2 Å². The van der Waals surface area contributed by atoms with E-state index in [2.05, 4.69) is 0 Å². The summed E-state index contributed by atoms with van der Waals surface area (Å²) in [4.78, 5) is 23.5. The third-order valence-corrected chi connectivity index (χ3v) is 4.13. The Labute approximate surface area is 165 Å². The van der Waals surface area contributed by atoms with Crippen LogP contribution in [0.15, 0.2) is 48.5 Å². The predicted molar refractivity (Wildman–Crippen MR) is 104 cm³/mol. The standard InChI is InChI=1S/C22H26O6/c1-25-19-11-7-17(8-12-19)15-27-21(23)5-3-4-6-22(24)28-16-18-9-13-20(26-2)14-10-18/h7-14H,3-6,15-16H2,1-2H3. The SMILES string of the molecule is COc1ccc(COC(=O)CCCCC(=O)OCc2ccc(OC)cc2)cc1. The van der Waals surface area contributed by atoms with Gasteiger partial charge in [0.05, 0.1) is 14.2 Å². The van der Waals surface area contributed by atoms with Crippen LogP contribution in [0.3, 0.4) is 0 Å². The Hall–Kier alpha value is -3.02.